The predicted octanol–water partition coefficient (Wildman–Crippen LogP) is 3.90. The van der Waals surface area contributed by atoms with Crippen LogP contribution in [0.4, 0.5) is 19.0 Å². The van der Waals surface area contributed by atoms with Crippen molar-refractivity contribution in [2.24, 2.45) is 5.92 Å². The molecule has 0 radical (unpaired) electrons. The molecular weight excluding hydrogens is 353 g/mol. The molecule has 2 unspecified atom stereocenters. The zero-order valence-corrected chi connectivity index (χ0v) is 15.3. The number of rotatable bonds is 3. The lowest BCUT2D eigenvalue weighted by atomic mass is 9.92. The van der Waals surface area contributed by atoms with Crippen molar-refractivity contribution in [1.29, 1.82) is 0 Å². The van der Waals surface area contributed by atoms with Gasteiger partial charge in [0, 0.05) is 37.6 Å². The summed E-state index contributed by atoms with van der Waals surface area (Å²) in [7, 11) is 0. The van der Waals surface area contributed by atoms with Crippen LogP contribution in [0.5, 0.6) is 0 Å². The highest BCUT2D eigenvalue weighted by Gasteiger charge is 2.41. The third kappa shape index (κ3) is 3.78. The zero-order chi connectivity index (χ0) is 19.0. The molecule has 27 heavy (non-hydrogen) atoms. The van der Waals surface area contributed by atoms with E-state index < -0.39 is 11.7 Å². The molecule has 2 aromatic rings. The van der Waals surface area contributed by atoms with Crippen LogP contribution >= 0.6 is 0 Å². The monoisotopic (exact) mass is 376 g/mol. The molecule has 0 saturated carbocycles. The number of hydrogen-bond donors (Lipinski definition) is 0. The lowest BCUT2D eigenvalue weighted by molar-refractivity contribution is -0.137. The molecular formula is C20H23F3N4. The summed E-state index contributed by atoms with van der Waals surface area (Å²) >= 11 is 0. The van der Waals surface area contributed by atoms with E-state index in [0.29, 0.717) is 19.0 Å². The maximum Gasteiger partial charge on any atom is 0.419 e. The van der Waals surface area contributed by atoms with Crippen molar-refractivity contribution in [3.8, 4) is 0 Å². The Balaban J connectivity index is 1.54. The Morgan fingerprint density at radius 3 is 2.70 bits per heavy atom. The highest BCUT2D eigenvalue weighted by atomic mass is 19.4. The molecule has 4 nitrogen and oxygen atoms in total. The fourth-order valence-electron chi connectivity index (χ4n) is 4.38. The van der Waals surface area contributed by atoms with Gasteiger partial charge in [0.1, 0.15) is 5.82 Å². The van der Waals surface area contributed by atoms with Crippen LogP contribution in [-0.4, -0.2) is 40.5 Å². The van der Waals surface area contributed by atoms with Crippen LogP contribution in [0.25, 0.3) is 0 Å². The van der Waals surface area contributed by atoms with Gasteiger partial charge >= 0.3 is 6.18 Å². The number of aryl methyl sites for hydroxylation is 1. The van der Waals surface area contributed by atoms with Gasteiger partial charge in [-0.15, -0.1) is 0 Å². The number of fused-ring (bicyclic) bond motifs is 1. The van der Waals surface area contributed by atoms with E-state index in [0.717, 1.165) is 43.4 Å². The molecule has 2 saturated heterocycles. The molecule has 0 aromatic carbocycles. The summed E-state index contributed by atoms with van der Waals surface area (Å²) in [4.78, 5) is 12.8. The summed E-state index contributed by atoms with van der Waals surface area (Å²) in [6, 6.07) is 8.70. The third-order valence-electron chi connectivity index (χ3n) is 5.68. The number of likely N-dealkylation sites (tertiary alicyclic amines) is 1. The van der Waals surface area contributed by atoms with Crippen LogP contribution < -0.4 is 4.90 Å². The second-order valence-corrected chi connectivity index (χ2v) is 7.46. The molecule has 4 heterocycles. The predicted molar refractivity (Wildman–Crippen MR) is 97.3 cm³/mol. The van der Waals surface area contributed by atoms with Gasteiger partial charge in [0.2, 0.25) is 0 Å². The minimum Gasteiger partial charge on any atom is -0.355 e. The number of aromatic nitrogens is 2. The van der Waals surface area contributed by atoms with Gasteiger partial charge in [-0.3, -0.25) is 9.88 Å². The minimum absolute atomic E-state index is 0.0592. The molecule has 0 amide bonds. The average Bonchev–Trinajstić information content (AvgIpc) is 3.03. The van der Waals surface area contributed by atoms with Crippen molar-refractivity contribution in [3.63, 3.8) is 0 Å². The van der Waals surface area contributed by atoms with Gasteiger partial charge in [-0.2, -0.15) is 13.2 Å². The summed E-state index contributed by atoms with van der Waals surface area (Å²) in [6.07, 6.45) is -0.948. The smallest absolute Gasteiger partial charge is 0.355 e. The largest absolute Gasteiger partial charge is 0.419 e. The number of anilines is 1. The fraction of sp³-hybridized carbons (Fsp3) is 0.500. The van der Waals surface area contributed by atoms with E-state index in [2.05, 4.69) is 14.9 Å². The van der Waals surface area contributed by atoms with Crippen LogP contribution in [-0.2, 0) is 12.7 Å². The fourth-order valence-corrected chi connectivity index (χ4v) is 4.38. The van der Waals surface area contributed by atoms with Crippen molar-refractivity contribution in [3.05, 3.63) is 53.5 Å². The van der Waals surface area contributed by atoms with E-state index in [1.54, 1.807) is 0 Å². The summed E-state index contributed by atoms with van der Waals surface area (Å²) in [5.74, 6) is 0.591. The van der Waals surface area contributed by atoms with Gasteiger partial charge in [0.05, 0.1) is 11.3 Å². The Morgan fingerprint density at radius 1 is 1.11 bits per heavy atom. The van der Waals surface area contributed by atoms with Crippen molar-refractivity contribution >= 4 is 5.82 Å². The second-order valence-electron chi connectivity index (χ2n) is 7.46. The van der Waals surface area contributed by atoms with Crippen molar-refractivity contribution in [1.82, 2.24) is 14.9 Å². The SMILES string of the molecule is Cc1cccc(CN2CCC3CCN(c4ncccc4C(F)(F)F)CC32)n1. The maximum absolute atomic E-state index is 13.4. The molecule has 2 atom stereocenters. The van der Waals surface area contributed by atoms with Gasteiger partial charge in [-0.1, -0.05) is 6.07 Å². The quantitative estimate of drug-likeness (QED) is 0.813. The lowest BCUT2D eigenvalue weighted by Crippen LogP contribution is -2.48. The molecule has 4 rings (SSSR count). The number of hydrogen-bond acceptors (Lipinski definition) is 4. The molecule has 0 aliphatic carbocycles. The Bertz CT molecular complexity index is 808. The zero-order valence-electron chi connectivity index (χ0n) is 15.3. The molecule has 0 spiro atoms. The third-order valence-corrected chi connectivity index (χ3v) is 5.68. The van der Waals surface area contributed by atoms with Gasteiger partial charge in [-0.25, -0.2) is 4.98 Å². The number of pyridine rings is 2. The Labute approximate surface area is 157 Å². The van der Waals surface area contributed by atoms with E-state index in [4.69, 9.17) is 0 Å². The van der Waals surface area contributed by atoms with Crippen molar-refractivity contribution in [2.45, 2.75) is 38.5 Å². The molecule has 0 bridgehead atoms. The highest BCUT2D eigenvalue weighted by Crippen LogP contribution is 2.39. The Morgan fingerprint density at radius 2 is 1.93 bits per heavy atom. The van der Waals surface area contributed by atoms with E-state index in [1.807, 2.05) is 30.0 Å². The van der Waals surface area contributed by atoms with Crippen LogP contribution in [0.3, 0.4) is 0 Å². The van der Waals surface area contributed by atoms with E-state index in [-0.39, 0.29) is 11.9 Å². The first-order chi connectivity index (χ1) is 12.9. The molecule has 2 fully saturated rings. The van der Waals surface area contributed by atoms with Crippen molar-refractivity contribution < 1.29 is 13.2 Å². The standard InChI is InChI=1S/C20H23F3N4/c1-14-4-2-5-16(25-14)12-26-10-7-15-8-11-27(13-18(15)26)19-17(20(21,22)23)6-3-9-24-19/h2-6,9,15,18H,7-8,10-13H2,1H3. The molecule has 144 valence electrons. The second kappa shape index (κ2) is 7.11. The first-order valence-electron chi connectivity index (χ1n) is 9.35. The van der Waals surface area contributed by atoms with Gasteiger partial charge < -0.3 is 4.90 Å². The van der Waals surface area contributed by atoms with Crippen LogP contribution in [0.15, 0.2) is 36.5 Å². The molecule has 2 aromatic heterocycles. The number of alkyl halides is 3. The Kier molecular flexibility index (Phi) is 4.80. The number of piperidine rings is 1. The summed E-state index contributed by atoms with van der Waals surface area (Å²) in [5, 5.41) is 0. The van der Waals surface area contributed by atoms with Crippen molar-refractivity contribution in [2.75, 3.05) is 24.5 Å². The maximum atomic E-state index is 13.4. The lowest BCUT2D eigenvalue weighted by Gasteiger charge is -2.39. The summed E-state index contributed by atoms with van der Waals surface area (Å²) < 4.78 is 40.2. The van der Waals surface area contributed by atoms with E-state index >= 15 is 0 Å². The molecule has 2 aliphatic rings. The normalized spacial score (nSPS) is 23.5. The number of nitrogens with zero attached hydrogens (tertiary/aromatic N) is 4. The average molecular weight is 376 g/mol. The Hall–Kier alpha value is -2.15. The molecule has 0 N–H and O–H groups in total. The van der Waals surface area contributed by atoms with Gasteiger partial charge in [-0.05, 0) is 56.5 Å². The van der Waals surface area contributed by atoms with Gasteiger partial charge in [0.15, 0.2) is 0 Å². The number of halogens is 3. The molecule has 2 aliphatic heterocycles. The minimum atomic E-state index is -4.39. The highest BCUT2D eigenvalue weighted by molar-refractivity contribution is 5.49. The first-order valence-corrected chi connectivity index (χ1v) is 9.35. The van der Waals surface area contributed by atoms with Gasteiger partial charge in [0.25, 0.3) is 0 Å². The van der Waals surface area contributed by atoms with E-state index in [1.165, 1.54) is 12.3 Å². The van der Waals surface area contributed by atoms with Crippen LogP contribution in [0, 0.1) is 12.8 Å². The van der Waals surface area contributed by atoms with Crippen LogP contribution in [0.2, 0.25) is 0 Å². The summed E-state index contributed by atoms with van der Waals surface area (Å²) in [6.45, 7) is 4.88. The first kappa shape index (κ1) is 18.2. The summed E-state index contributed by atoms with van der Waals surface area (Å²) in [5.41, 5.74) is 1.35. The molecule has 7 heteroatoms. The topological polar surface area (TPSA) is 32.3 Å². The van der Waals surface area contributed by atoms with Crippen LogP contribution in [0.1, 0.15) is 29.8 Å². The van der Waals surface area contributed by atoms with E-state index in [9.17, 15) is 13.2 Å².